The normalized spacial score (nSPS) is 13.8. The van der Waals surface area contributed by atoms with Gasteiger partial charge < -0.3 is 9.53 Å². The summed E-state index contributed by atoms with van der Waals surface area (Å²) in [6, 6.07) is 20.9. The van der Waals surface area contributed by atoms with Crippen molar-refractivity contribution in [1.29, 1.82) is 0 Å². The smallest absolute Gasteiger partial charge is 0.261 e. The Labute approximate surface area is 152 Å². The van der Waals surface area contributed by atoms with Crippen LogP contribution < -0.4 is 10.4 Å². The predicted octanol–water partition coefficient (Wildman–Crippen LogP) is 3.67. The van der Waals surface area contributed by atoms with E-state index in [0.29, 0.717) is 0 Å². The average molecular weight is 353 g/mol. The van der Waals surface area contributed by atoms with Crippen LogP contribution in [-0.4, -0.2) is 26.1 Å². The van der Waals surface area contributed by atoms with Crippen LogP contribution in [0.15, 0.2) is 85.5 Å². The molecule has 0 aromatic heterocycles. The van der Waals surface area contributed by atoms with Crippen molar-refractivity contribution in [2.75, 3.05) is 6.61 Å². The van der Waals surface area contributed by atoms with E-state index in [9.17, 15) is 5.11 Å². The molecule has 0 spiro atoms. The molecule has 0 amide bonds. The minimum atomic E-state index is -2.57. The second-order valence-electron chi connectivity index (χ2n) is 7.16. The van der Waals surface area contributed by atoms with Crippen molar-refractivity contribution in [3.63, 3.8) is 0 Å². The van der Waals surface area contributed by atoms with Gasteiger partial charge in [0.15, 0.2) is 0 Å². The zero-order chi connectivity index (χ0) is 18.3. The van der Waals surface area contributed by atoms with Crippen LogP contribution in [0.2, 0.25) is 5.04 Å². The lowest BCUT2D eigenvalue weighted by Gasteiger charge is -2.43. The van der Waals surface area contributed by atoms with E-state index in [0.717, 1.165) is 0 Å². The highest BCUT2D eigenvalue weighted by atomic mass is 28.4. The lowest BCUT2D eigenvalue weighted by molar-refractivity contribution is 0.138. The lowest BCUT2D eigenvalue weighted by Crippen LogP contribution is -2.67. The van der Waals surface area contributed by atoms with Gasteiger partial charge in [-0.25, -0.2) is 0 Å². The second-order valence-corrected chi connectivity index (χ2v) is 11.5. The van der Waals surface area contributed by atoms with Crippen molar-refractivity contribution >= 4 is 18.7 Å². The topological polar surface area (TPSA) is 29.5 Å². The van der Waals surface area contributed by atoms with Gasteiger partial charge in [-0.3, -0.25) is 0 Å². The third kappa shape index (κ3) is 4.37. The molecule has 0 bridgehead atoms. The van der Waals surface area contributed by atoms with E-state index in [1.165, 1.54) is 10.4 Å². The molecule has 1 N–H and O–H groups in total. The van der Waals surface area contributed by atoms with Crippen LogP contribution in [0, 0.1) is 0 Å². The molecule has 0 aliphatic rings. The molecule has 0 aliphatic heterocycles. The van der Waals surface area contributed by atoms with Gasteiger partial charge in [0.1, 0.15) is 0 Å². The van der Waals surface area contributed by atoms with Crippen molar-refractivity contribution in [2.45, 2.75) is 31.9 Å². The number of benzene rings is 2. The summed E-state index contributed by atoms with van der Waals surface area (Å²) < 4.78 is 6.63. The number of aliphatic hydroxyl groups excluding tert-OH is 1. The molecular weight excluding hydrogens is 324 g/mol. The van der Waals surface area contributed by atoms with Crippen molar-refractivity contribution < 1.29 is 9.53 Å². The maximum absolute atomic E-state index is 10.3. The maximum Gasteiger partial charge on any atom is 0.261 e. The first-order valence-corrected chi connectivity index (χ1v) is 10.5. The predicted molar refractivity (Wildman–Crippen MR) is 109 cm³/mol. The van der Waals surface area contributed by atoms with Gasteiger partial charge in [-0.2, -0.15) is 0 Å². The van der Waals surface area contributed by atoms with Gasteiger partial charge in [0.2, 0.25) is 0 Å². The molecule has 0 fully saturated rings. The van der Waals surface area contributed by atoms with Gasteiger partial charge in [0, 0.05) is 0 Å². The molecule has 2 aromatic carbocycles. The number of hydrogen-bond donors (Lipinski definition) is 1. The fourth-order valence-electron chi connectivity index (χ4n) is 3.23. The van der Waals surface area contributed by atoms with Crippen molar-refractivity contribution in [3.05, 3.63) is 85.5 Å². The summed E-state index contributed by atoms with van der Waals surface area (Å²) in [4.78, 5) is 0. The summed E-state index contributed by atoms with van der Waals surface area (Å²) in [5, 5.41) is 12.6. The second kappa shape index (κ2) is 8.43. The Kier molecular flexibility index (Phi) is 6.54. The maximum atomic E-state index is 10.3. The molecule has 2 nitrogen and oxygen atoms in total. The van der Waals surface area contributed by atoms with E-state index in [1.807, 2.05) is 12.1 Å². The molecule has 132 valence electrons. The minimum Gasteiger partial charge on any atom is -0.404 e. The van der Waals surface area contributed by atoms with Crippen LogP contribution >= 0.6 is 0 Å². The summed E-state index contributed by atoms with van der Waals surface area (Å²) in [7, 11) is -2.57. The van der Waals surface area contributed by atoms with Crippen LogP contribution in [0.25, 0.3) is 0 Å². The van der Waals surface area contributed by atoms with E-state index >= 15 is 0 Å². The molecule has 0 radical (unpaired) electrons. The Morgan fingerprint density at radius 3 is 1.88 bits per heavy atom. The SMILES string of the molecule is C=C/C=C\[C@H](O)CO[Si](c1ccccc1)(c1ccccc1)C(C)(C)C. The molecule has 0 saturated carbocycles. The van der Waals surface area contributed by atoms with Crippen LogP contribution in [-0.2, 0) is 4.43 Å². The van der Waals surface area contributed by atoms with Gasteiger partial charge in [-0.1, -0.05) is 106 Å². The monoisotopic (exact) mass is 352 g/mol. The number of hydrogen-bond acceptors (Lipinski definition) is 2. The number of allylic oxidation sites excluding steroid dienone is 2. The molecule has 25 heavy (non-hydrogen) atoms. The van der Waals surface area contributed by atoms with E-state index in [-0.39, 0.29) is 11.6 Å². The summed E-state index contributed by atoms with van der Waals surface area (Å²) in [5.74, 6) is 0. The van der Waals surface area contributed by atoms with E-state index in [4.69, 9.17) is 4.43 Å². The Morgan fingerprint density at radius 1 is 1.00 bits per heavy atom. The summed E-state index contributed by atoms with van der Waals surface area (Å²) in [6.07, 6.45) is 4.47. The molecule has 1 atom stereocenters. The molecule has 0 aliphatic carbocycles. The highest BCUT2D eigenvalue weighted by Crippen LogP contribution is 2.36. The van der Waals surface area contributed by atoms with Gasteiger partial charge in [-0.05, 0) is 15.4 Å². The average Bonchev–Trinajstić information content (AvgIpc) is 2.61. The first-order chi connectivity index (χ1) is 11.9. The fraction of sp³-hybridized carbons (Fsp3) is 0.273. The zero-order valence-corrected chi connectivity index (χ0v) is 16.4. The van der Waals surface area contributed by atoms with Gasteiger partial charge in [0.25, 0.3) is 8.32 Å². The van der Waals surface area contributed by atoms with Gasteiger partial charge in [0.05, 0.1) is 12.7 Å². The standard InChI is InChI=1S/C22H28O2Si/c1-5-6-13-19(23)18-24-25(22(2,3)4,20-14-9-7-10-15-20)21-16-11-8-12-17-21/h5-17,19,23H,1,18H2,2-4H3/b13-6-/t19-/m0/s1. The van der Waals surface area contributed by atoms with Crippen LogP contribution in [0.4, 0.5) is 0 Å². The molecule has 0 heterocycles. The molecular formula is C22H28O2Si. The lowest BCUT2D eigenvalue weighted by atomic mass is 10.2. The first-order valence-electron chi connectivity index (χ1n) is 8.64. The van der Waals surface area contributed by atoms with Crippen molar-refractivity contribution in [1.82, 2.24) is 0 Å². The van der Waals surface area contributed by atoms with Crippen LogP contribution in [0.3, 0.4) is 0 Å². The summed E-state index contributed by atoms with van der Waals surface area (Å²) >= 11 is 0. The zero-order valence-electron chi connectivity index (χ0n) is 15.4. The molecule has 3 heteroatoms. The number of rotatable bonds is 7. The quantitative estimate of drug-likeness (QED) is 0.609. The Bertz CT molecular complexity index is 647. The minimum absolute atomic E-state index is 0.0857. The Balaban J connectivity index is 2.53. The Hall–Kier alpha value is -1.94. The first kappa shape index (κ1) is 19.4. The van der Waals surface area contributed by atoms with Crippen LogP contribution in [0.1, 0.15) is 20.8 Å². The van der Waals surface area contributed by atoms with E-state index in [1.54, 1.807) is 18.2 Å². The number of aliphatic hydroxyl groups is 1. The highest BCUT2D eigenvalue weighted by Gasteiger charge is 2.50. The molecule has 2 rings (SSSR count). The summed E-state index contributed by atoms with van der Waals surface area (Å²) in [5.41, 5.74) is 0. The van der Waals surface area contributed by atoms with Crippen molar-refractivity contribution in [2.24, 2.45) is 0 Å². The largest absolute Gasteiger partial charge is 0.404 e. The molecule has 2 aromatic rings. The van der Waals surface area contributed by atoms with Gasteiger partial charge >= 0.3 is 0 Å². The van der Waals surface area contributed by atoms with E-state index in [2.05, 4.69) is 75.9 Å². The van der Waals surface area contributed by atoms with Crippen molar-refractivity contribution in [3.8, 4) is 0 Å². The summed E-state index contributed by atoms with van der Waals surface area (Å²) in [6.45, 7) is 10.6. The molecule has 0 saturated heterocycles. The molecule has 0 unspecified atom stereocenters. The van der Waals surface area contributed by atoms with Crippen LogP contribution in [0.5, 0.6) is 0 Å². The van der Waals surface area contributed by atoms with Gasteiger partial charge in [-0.15, -0.1) is 0 Å². The third-order valence-corrected chi connectivity index (χ3v) is 9.36. The third-order valence-electron chi connectivity index (χ3n) is 4.36. The Morgan fingerprint density at radius 2 is 1.48 bits per heavy atom. The highest BCUT2D eigenvalue weighted by molar-refractivity contribution is 6.99. The fourth-order valence-corrected chi connectivity index (χ4v) is 7.81. The van der Waals surface area contributed by atoms with E-state index < -0.39 is 14.4 Å².